The molecule has 6 rings (SSSR count). The van der Waals surface area contributed by atoms with Crippen molar-refractivity contribution in [1.29, 1.82) is 0 Å². The van der Waals surface area contributed by atoms with Gasteiger partial charge in [0.15, 0.2) is 5.82 Å². The number of anilines is 1. The summed E-state index contributed by atoms with van der Waals surface area (Å²) in [4.78, 5) is 26.0. The van der Waals surface area contributed by atoms with E-state index in [-0.39, 0.29) is 6.42 Å². The number of aliphatic carboxylic acids is 1. The lowest BCUT2D eigenvalue weighted by Gasteiger charge is -2.14. The Morgan fingerprint density at radius 2 is 1.62 bits per heavy atom. The van der Waals surface area contributed by atoms with Crippen molar-refractivity contribution in [2.45, 2.75) is 19.4 Å². The molecule has 200 valence electrons. The Balaban J connectivity index is 1.27. The Morgan fingerprint density at radius 1 is 0.950 bits per heavy atom. The van der Waals surface area contributed by atoms with E-state index >= 15 is 0 Å². The highest BCUT2D eigenvalue weighted by molar-refractivity contribution is 7.31. The second-order valence-corrected chi connectivity index (χ2v) is 11.5. The molecule has 0 aliphatic heterocycles. The fourth-order valence-electron chi connectivity index (χ4n) is 4.72. The summed E-state index contributed by atoms with van der Waals surface area (Å²) < 4.78 is 9.28. The number of nitrogens with one attached hydrogen (secondary N) is 1. The normalized spacial score (nSPS) is 12.1. The third-order valence-corrected chi connectivity index (χ3v) is 9.00. The average Bonchev–Trinajstić information content (AvgIpc) is 3.62. The van der Waals surface area contributed by atoms with E-state index in [1.807, 2.05) is 73.7 Å². The molecule has 3 aromatic carbocycles. The molecule has 0 fully saturated rings. The highest BCUT2D eigenvalue weighted by atomic mass is 32.1. The van der Waals surface area contributed by atoms with E-state index in [0.717, 1.165) is 46.6 Å². The smallest absolute Gasteiger partial charge is 0.413 e. The Hall–Kier alpha value is -4.54. The summed E-state index contributed by atoms with van der Waals surface area (Å²) >= 11 is 3.23. The summed E-state index contributed by atoms with van der Waals surface area (Å²) in [5, 5.41) is 22.6. The van der Waals surface area contributed by atoms with Crippen LogP contribution in [0.4, 0.5) is 10.6 Å². The minimum absolute atomic E-state index is 0.0170. The van der Waals surface area contributed by atoms with E-state index in [4.69, 9.17) is 4.74 Å². The Labute approximate surface area is 237 Å². The molecule has 1 atom stereocenters. The van der Waals surface area contributed by atoms with Gasteiger partial charge in [-0.2, -0.15) is 0 Å². The van der Waals surface area contributed by atoms with Gasteiger partial charge in [0.1, 0.15) is 11.8 Å². The molecule has 0 bridgehead atoms. The number of aromatic nitrogens is 3. The maximum Gasteiger partial charge on any atom is 0.413 e. The monoisotopic (exact) mass is 568 g/mol. The third-order valence-electron chi connectivity index (χ3n) is 6.66. The highest BCUT2D eigenvalue weighted by Crippen LogP contribution is 2.44. The number of carboxylic acids is 1. The number of carbonyl (C=O) groups is 2. The number of nitrogens with zero attached hydrogens (tertiary/aromatic N) is 3. The van der Waals surface area contributed by atoms with Gasteiger partial charge in [0, 0.05) is 21.3 Å². The summed E-state index contributed by atoms with van der Waals surface area (Å²) in [5.74, 6) is -0.390. The number of carboxylic acid groups (broad SMARTS) is 1. The van der Waals surface area contributed by atoms with Crippen molar-refractivity contribution in [3.63, 3.8) is 0 Å². The number of ether oxygens (including phenoxy) is 1. The molecule has 0 aliphatic rings. The fraction of sp³-hybridized carbons (Fsp3) is 0.133. The predicted molar refractivity (Wildman–Crippen MR) is 159 cm³/mol. The van der Waals surface area contributed by atoms with Gasteiger partial charge in [0.25, 0.3) is 0 Å². The number of rotatable bonds is 7. The van der Waals surface area contributed by atoms with Gasteiger partial charge in [-0.05, 0) is 46.5 Å². The largest absolute Gasteiger partial charge is 0.481 e. The molecule has 6 aromatic rings. The predicted octanol–water partition coefficient (Wildman–Crippen LogP) is 7.52. The first kappa shape index (κ1) is 25.7. The zero-order valence-corrected chi connectivity index (χ0v) is 23.3. The van der Waals surface area contributed by atoms with Crippen LogP contribution in [-0.2, 0) is 23.0 Å². The van der Waals surface area contributed by atoms with Crippen LogP contribution in [0.2, 0.25) is 0 Å². The van der Waals surface area contributed by atoms with Crippen LogP contribution in [0.25, 0.3) is 41.2 Å². The van der Waals surface area contributed by atoms with Crippen molar-refractivity contribution >= 4 is 60.7 Å². The van der Waals surface area contributed by atoms with Crippen LogP contribution in [0.15, 0.2) is 78.9 Å². The Bertz CT molecular complexity index is 1840. The number of benzene rings is 3. The first-order chi connectivity index (χ1) is 19.4. The third kappa shape index (κ3) is 4.94. The van der Waals surface area contributed by atoms with E-state index in [1.165, 1.54) is 4.68 Å². The molecule has 0 spiro atoms. The summed E-state index contributed by atoms with van der Waals surface area (Å²) in [7, 11) is 1.72. The molecule has 3 heterocycles. The molecule has 0 saturated heterocycles. The van der Waals surface area contributed by atoms with E-state index in [1.54, 1.807) is 29.7 Å². The number of hydrogen-bond donors (Lipinski definition) is 2. The lowest BCUT2D eigenvalue weighted by Crippen LogP contribution is -2.18. The van der Waals surface area contributed by atoms with Gasteiger partial charge in [-0.15, -0.1) is 27.8 Å². The molecule has 1 amide bonds. The molecule has 0 aliphatic carbocycles. The van der Waals surface area contributed by atoms with Gasteiger partial charge >= 0.3 is 12.1 Å². The molecular weight excluding hydrogens is 544 g/mol. The first-order valence-corrected chi connectivity index (χ1v) is 14.2. The van der Waals surface area contributed by atoms with Crippen molar-refractivity contribution in [2.75, 3.05) is 5.32 Å². The van der Waals surface area contributed by atoms with Crippen LogP contribution in [0.5, 0.6) is 0 Å². The highest BCUT2D eigenvalue weighted by Gasteiger charge is 2.21. The quantitative estimate of drug-likeness (QED) is 0.206. The summed E-state index contributed by atoms with van der Waals surface area (Å²) in [6.45, 7) is 1.82. The van der Waals surface area contributed by atoms with E-state index in [0.29, 0.717) is 11.5 Å². The van der Waals surface area contributed by atoms with Crippen molar-refractivity contribution in [1.82, 2.24) is 15.0 Å². The Kier molecular flexibility index (Phi) is 6.79. The number of fused-ring (bicyclic) bond motifs is 2. The minimum atomic E-state index is -0.848. The standard InChI is InChI=1S/C30H24N4O4S2/c1-17(18-8-4-3-5-9-18)38-30(37)31-29-28(32-33-34(29)2)26-16-25-24(40-26)15-23(39-25)22-13-12-19(14-27(35)36)20-10-6-7-11-21(20)22/h3-13,15-17H,14H2,1-2H3,(H,31,37)(H,35,36). The number of thiophene rings is 2. The maximum absolute atomic E-state index is 12.7. The van der Waals surface area contributed by atoms with E-state index < -0.39 is 18.2 Å². The zero-order chi connectivity index (χ0) is 27.8. The lowest BCUT2D eigenvalue weighted by atomic mass is 9.97. The summed E-state index contributed by atoms with van der Waals surface area (Å²) in [6, 6.07) is 25.6. The molecule has 10 heteroatoms. The van der Waals surface area contributed by atoms with Crippen LogP contribution >= 0.6 is 22.7 Å². The number of hydrogen-bond acceptors (Lipinski definition) is 7. The molecule has 0 radical (unpaired) electrons. The van der Waals surface area contributed by atoms with Gasteiger partial charge in [0.05, 0.1) is 11.3 Å². The second kappa shape index (κ2) is 10.6. The van der Waals surface area contributed by atoms with Crippen LogP contribution in [-0.4, -0.2) is 32.2 Å². The minimum Gasteiger partial charge on any atom is -0.481 e. The second-order valence-electron chi connectivity index (χ2n) is 9.33. The number of aryl methyl sites for hydroxylation is 1. The van der Waals surface area contributed by atoms with E-state index in [2.05, 4.69) is 27.8 Å². The van der Waals surface area contributed by atoms with Crippen LogP contribution in [0, 0.1) is 0 Å². The Morgan fingerprint density at radius 3 is 2.38 bits per heavy atom. The van der Waals surface area contributed by atoms with Gasteiger partial charge in [-0.1, -0.05) is 71.9 Å². The van der Waals surface area contributed by atoms with Gasteiger partial charge < -0.3 is 9.84 Å². The fourth-order valence-corrected chi connectivity index (χ4v) is 7.14. The van der Waals surface area contributed by atoms with Crippen LogP contribution in [0.1, 0.15) is 24.2 Å². The van der Waals surface area contributed by atoms with Crippen LogP contribution in [0.3, 0.4) is 0 Å². The summed E-state index contributed by atoms with van der Waals surface area (Å²) in [5.41, 5.74) is 3.34. The van der Waals surface area contributed by atoms with Gasteiger partial charge in [0.2, 0.25) is 0 Å². The first-order valence-electron chi connectivity index (χ1n) is 12.6. The van der Waals surface area contributed by atoms with Crippen molar-refractivity contribution < 1.29 is 19.4 Å². The molecular formula is C30H24N4O4S2. The molecule has 1 unspecified atom stereocenters. The summed E-state index contributed by atoms with van der Waals surface area (Å²) in [6.07, 6.45) is -1.01. The van der Waals surface area contributed by atoms with Crippen molar-refractivity contribution in [3.8, 4) is 21.0 Å². The topological polar surface area (TPSA) is 106 Å². The average molecular weight is 569 g/mol. The van der Waals surface area contributed by atoms with E-state index in [9.17, 15) is 14.7 Å². The van der Waals surface area contributed by atoms with Crippen LogP contribution < -0.4 is 5.32 Å². The number of carbonyl (C=O) groups excluding carboxylic acids is 1. The SMILES string of the molecule is CC(OC(=O)Nc1c(-c2cc3sc(-c4ccc(CC(=O)O)c5ccccc45)cc3s2)nnn1C)c1ccccc1. The van der Waals surface area contributed by atoms with Gasteiger partial charge in [-0.3, -0.25) is 10.1 Å². The van der Waals surface area contributed by atoms with Crippen molar-refractivity contribution in [2.24, 2.45) is 7.05 Å². The zero-order valence-electron chi connectivity index (χ0n) is 21.6. The van der Waals surface area contributed by atoms with Gasteiger partial charge in [-0.25, -0.2) is 9.48 Å². The molecule has 3 aromatic heterocycles. The molecule has 0 saturated carbocycles. The molecule has 2 N–H and O–H groups in total. The lowest BCUT2D eigenvalue weighted by molar-refractivity contribution is -0.136. The molecule has 8 nitrogen and oxygen atoms in total. The number of amides is 1. The molecule has 40 heavy (non-hydrogen) atoms. The van der Waals surface area contributed by atoms with Crippen molar-refractivity contribution in [3.05, 3.63) is 90.0 Å². The maximum atomic E-state index is 12.7.